The van der Waals surface area contributed by atoms with E-state index in [0.717, 1.165) is 30.6 Å². The van der Waals surface area contributed by atoms with Crippen molar-refractivity contribution in [2.75, 3.05) is 20.8 Å². The number of nitrogens with zero attached hydrogens (tertiary/aromatic N) is 2. The molecule has 0 spiro atoms. The van der Waals surface area contributed by atoms with E-state index in [1.165, 1.54) is 4.90 Å². The molecule has 0 saturated heterocycles. The molecule has 0 radical (unpaired) electrons. The SMILES string of the molecule is COc1ccc(CCC(=O)OCC(=O)N(C)C2(C#N)CCCCC2)cc1. The van der Waals surface area contributed by atoms with Gasteiger partial charge in [-0.2, -0.15) is 5.26 Å². The molecule has 0 bridgehead atoms. The summed E-state index contributed by atoms with van der Waals surface area (Å²) in [4.78, 5) is 25.7. The predicted octanol–water partition coefficient (Wildman–Crippen LogP) is 2.86. The van der Waals surface area contributed by atoms with Gasteiger partial charge in [-0.15, -0.1) is 0 Å². The van der Waals surface area contributed by atoms with Gasteiger partial charge >= 0.3 is 5.97 Å². The van der Waals surface area contributed by atoms with Crippen molar-refractivity contribution in [3.8, 4) is 11.8 Å². The quantitative estimate of drug-likeness (QED) is 0.700. The maximum absolute atomic E-state index is 12.3. The Hall–Kier alpha value is -2.55. The first-order chi connectivity index (χ1) is 12.5. The topological polar surface area (TPSA) is 79.6 Å². The number of rotatable bonds is 7. The first kappa shape index (κ1) is 19.8. The predicted molar refractivity (Wildman–Crippen MR) is 96.5 cm³/mol. The summed E-state index contributed by atoms with van der Waals surface area (Å²) < 4.78 is 10.2. The lowest BCUT2D eigenvalue weighted by molar-refractivity contribution is -0.153. The van der Waals surface area contributed by atoms with E-state index in [1.54, 1.807) is 14.2 Å². The Labute approximate surface area is 154 Å². The molecule has 1 fully saturated rings. The van der Waals surface area contributed by atoms with E-state index in [1.807, 2.05) is 24.3 Å². The molecule has 1 amide bonds. The van der Waals surface area contributed by atoms with Gasteiger partial charge in [-0.1, -0.05) is 31.4 Å². The summed E-state index contributed by atoms with van der Waals surface area (Å²) in [6.45, 7) is -0.318. The standard InChI is InChI=1S/C20H26N2O4/c1-22(20(15-21)12-4-3-5-13-20)18(23)14-26-19(24)11-8-16-6-9-17(25-2)10-7-16/h6-7,9-10H,3-5,8,11-14H2,1-2H3. The van der Waals surface area contributed by atoms with Crippen molar-refractivity contribution < 1.29 is 19.1 Å². The van der Waals surface area contributed by atoms with Gasteiger partial charge in [0.05, 0.1) is 13.2 Å². The molecular weight excluding hydrogens is 332 g/mol. The molecule has 0 unspecified atom stereocenters. The zero-order valence-corrected chi connectivity index (χ0v) is 15.5. The number of amides is 1. The van der Waals surface area contributed by atoms with Gasteiger partial charge in [-0.05, 0) is 37.0 Å². The smallest absolute Gasteiger partial charge is 0.306 e. The van der Waals surface area contributed by atoms with Crippen LogP contribution in [0.15, 0.2) is 24.3 Å². The molecule has 1 aromatic carbocycles. The monoisotopic (exact) mass is 358 g/mol. The Balaban J connectivity index is 1.78. The number of carbonyl (C=O) groups is 2. The fourth-order valence-electron chi connectivity index (χ4n) is 3.25. The molecule has 1 aromatic rings. The second-order valence-electron chi connectivity index (χ2n) is 6.67. The lowest BCUT2D eigenvalue weighted by Gasteiger charge is -2.38. The number of aryl methyl sites for hydroxylation is 1. The lowest BCUT2D eigenvalue weighted by atomic mass is 9.81. The van der Waals surface area contributed by atoms with E-state index in [0.29, 0.717) is 19.3 Å². The third-order valence-corrected chi connectivity index (χ3v) is 5.04. The van der Waals surface area contributed by atoms with E-state index in [4.69, 9.17) is 9.47 Å². The van der Waals surface area contributed by atoms with Gasteiger partial charge in [-0.3, -0.25) is 9.59 Å². The summed E-state index contributed by atoms with van der Waals surface area (Å²) in [5.41, 5.74) is 0.238. The number of hydrogen-bond acceptors (Lipinski definition) is 5. The minimum Gasteiger partial charge on any atom is -0.497 e. The highest BCUT2D eigenvalue weighted by Gasteiger charge is 2.38. The largest absolute Gasteiger partial charge is 0.497 e. The van der Waals surface area contributed by atoms with Gasteiger partial charge in [0.1, 0.15) is 11.3 Å². The summed E-state index contributed by atoms with van der Waals surface area (Å²) in [6.07, 6.45) is 5.06. The van der Waals surface area contributed by atoms with Gasteiger partial charge in [0.2, 0.25) is 0 Å². The average Bonchev–Trinajstić information content (AvgIpc) is 2.70. The van der Waals surface area contributed by atoms with Gasteiger partial charge in [0.15, 0.2) is 6.61 Å². The molecule has 1 aliphatic carbocycles. The number of carbonyl (C=O) groups excluding carboxylic acids is 2. The van der Waals surface area contributed by atoms with Crippen molar-refractivity contribution in [1.29, 1.82) is 5.26 Å². The molecule has 0 atom stereocenters. The third-order valence-electron chi connectivity index (χ3n) is 5.04. The summed E-state index contributed by atoms with van der Waals surface area (Å²) >= 11 is 0. The molecule has 0 N–H and O–H groups in total. The first-order valence-corrected chi connectivity index (χ1v) is 8.97. The molecule has 2 rings (SSSR count). The number of benzene rings is 1. The van der Waals surface area contributed by atoms with Crippen LogP contribution in [0.3, 0.4) is 0 Å². The highest BCUT2D eigenvalue weighted by molar-refractivity contribution is 5.81. The van der Waals surface area contributed by atoms with Crippen LogP contribution in [-0.4, -0.2) is 43.1 Å². The Kier molecular flexibility index (Phi) is 7.02. The van der Waals surface area contributed by atoms with Gasteiger partial charge in [-0.25, -0.2) is 0 Å². The zero-order chi connectivity index (χ0) is 19.0. The van der Waals surface area contributed by atoms with E-state index >= 15 is 0 Å². The highest BCUT2D eigenvalue weighted by atomic mass is 16.5. The zero-order valence-electron chi connectivity index (χ0n) is 15.5. The van der Waals surface area contributed by atoms with E-state index in [-0.39, 0.29) is 18.9 Å². The second kappa shape index (κ2) is 9.23. The van der Waals surface area contributed by atoms with Crippen molar-refractivity contribution in [2.24, 2.45) is 0 Å². The van der Waals surface area contributed by atoms with Crippen molar-refractivity contribution in [3.63, 3.8) is 0 Å². The molecule has 0 heterocycles. The fraction of sp³-hybridized carbons (Fsp3) is 0.550. The molecule has 1 saturated carbocycles. The van der Waals surface area contributed by atoms with Crippen LogP contribution in [-0.2, 0) is 20.7 Å². The van der Waals surface area contributed by atoms with Crippen molar-refractivity contribution in [2.45, 2.75) is 50.5 Å². The summed E-state index contributed by atoms with van der Waals surface area (Å²) in [5, 5.41) is 9.53. The average molecular weight is 358 g/mol. The van der Waals surface area contributed by atoms with E-state index in [2.05, 4.69) is 6.07 Å². The van der Waals surface area contributed by atoms with Crippen LogP contribution in [0.5, 0.6) is 5.75 Å². The maximum Gasteiger partial charge on any atom is 0.306 e. The van der Waals surface area contributed by atoms with Crippen LogP contribution in [0.25, 0.3) is 0 Å². The fourth-order valence-corrected chi connectivity index (χ4v) is 3.25. The minimum absolute atomic E-state index is 0.201. The molecule has 0 aromatic heterocycles. The first-order valence-electron chi connectivity index (χ1n) is 8.97. The number of ether oxygens (including phenoxy) is 2. The van der Waals surface area contributed by atoms with Gasteiger partial charge in [0.25, 0.3) is 5.91 Å². The Morgan fingerprint density at radius 3 is 2.42 bits per heavy atom. The van der Waals surface area contributed by atoms with E-state index < -0.39 is 11.5 Å². The number of esters is 1. The molecule has 140 valence electrons. The third kappa shape index (κ3) is 4.98. The highest BCUT2D eigenvalue weighted by Crippen LogP contribution is 2.32. The molecular formula is C20H26N2O4. The Bertz CT molecular complexity index is 657. The Morgan fingerprint density at radius 2 is 1.85 bits per heavy atom. The van der Waals surface area contributed by atoms with Crippen LogP contribution in [0.2, 0.25) is 0 Å². The van der Waals surface area contributed by atoms with Crippen molar-refractivity contribution in [1.82, 2.24) is 4.90 Å². The van der Waals surface area contributed by atoms with E-state index in [9.17, 15) is 14.9 Å². The Morgan fingerprint density at radius 1 is 1.19 bits per heavy atom. The normalized spacial score (nSPS) is 15.6. The van der Waals surface area contributed by atoms with Crippen LogP contribution in [0, 0.1) is 11.3 Å². The van der Waals surface area contributed by atoms with Crippen LogP contribution < -0.4 is 4.74 Å². The minimum atomic E-state index is -0.759. The molecule has 1 aliphatic rings. The number of likely N-dealkylation sites (N-methyl/N-ethyl adjacent to an activating group) is 1. The summed E-state index contributed by atoms with van der Waals surface area (Å²) in [6, 6.07) is 9.76. The number of hydrogen-bond donors (Lipinski definition) is 0. The second-order valence-corrected chi connectivity index (χ2v) is 6.67. The van der Waals surface area contributed by atoms with Crippen molar-refractivity contribution in [3.05, 3.63) is 29.8 Å². The summed E-state index contributed by atoms with van der Waals surface area (Å²) in [5.74, 6) is 0.0163. The van der Waals surface area contributed by atoms with Crippen molar-refractivity contribution >= 4 is 11.9 Å². The molecule has 6 nitrogen and oxygen atoms in total. The maximum atomic E-state index is 12.3. The number of nitriles is 1. The number of methoxy groups -OCH3 is 1. The molecule has 0 aliphatic heterocycles. The molecule has 26 heavy (non-hydrogen) atoms. The van der Waals surface area contributed by atoms with Crippen LogP contribution in [0.1, 0.15) is 44.1 Å². The van der Waals surface area contributed by atoms with Gasteiger partial charge in [0, 0.05) is 13.5 Å². The van der Waals surface area contributed by atoms with Crippen LogP contribution >= 0.6 is 0 Å². The van der Waals surface area contributed by atoms with Gasteiger partial charge < -0.3 is 14.4 Å². The lowest BCUT2D eigenvalue weighted by Crippen LogP contribution is -2.51. The van der Waals surface area contributed by atoms with Crippen LogP contribution in [0.4, 0.5) is 0 Å². The molecule has 6 heteroatoms. The summed E-state index contributed by atoms with van der Waals surface area (Å²) in [7, 11) is 3.23.